The van der Waals surface area contributed by atoms with E-state index < -0.39 is 10.0 Å². The van der Waals surface area contributed by atoms with E-state index in [0.717, 1.165) is 11.3 Å². The predicted molar refractivity (Wildman–Crippen MR) is 120 cm³/mol. The van der Waals surface area contributed by atoms with E-state index >= 15 is 0 Å². The number of primary sulfonamides is 1. The molecule has 4 N–H and O–H groups in total. The van der Waals surface area contributed by atoms with E-state index in [2.05, 4.69) is 20.8 Å². The van der Waals surface area contributed by atoms with Crippen molar-refractivity contribution in [2.45, 2.75) is 22.6 Å². The summed E-state index contributed by atoms with van der Waals surface area (Å²) in [6, 6.07) is 14.3. The first kappa shape index (κ1) is 22.2. The topological polar surface area (TPSA) is 127 Å². The molecule has 2 aromatic carbocycles. The summed E-state index contributed by atoms with van der Waals surface area (Å²) in [5.41, 5.74) is 3.02. The summed E-state index contributed by atoms with van der Waals surface area (Å²) in [4.78, 5) is 12.1. The zero-order chi connectivity index (χ0) is 21.6. The summed E-state index contributed by atoms with van der Waals surface area (Å²) in [5.74, 6) is 0.133. The highest BCUT2D eigenvalue weighted by molar-refractivity contribution is 8.01. The van der Waals surface area contributed by atoms with Crippen molar-refractivity contribution in [3.8, 4) is 0 Å². The van der Waals surface area contributed by atoms with Crippen molar-refractivity contribution < 1.29 is 13.2 Å². The Kier molecular flexibility index (Phi) is 7.43. The zero-order valence-electron chi connectivity index (χ0n) is 16.2. The lowest BCUT2D eigenvalue weighted by atomic mass is 10.1. The molecule has 0 spiro atoms. The summed E-state index contributed by atoms with van der Waals surface area (Å²) < 4.78 is 23.2. The molecule has 11 heteroatoms. The molecule has 0 atom stereocenters. The lowest BCUT2D eigenvalue weighted by Gasteiger charge is -2.05. The molecule has 1 heterocycles. The monoisotopic (exact) mass is 463 g/mol. The van der Waals surface area contributed by atoms with Crippen LogP contribution in [0.1, 0.15) is 11.1 Å². The van der Waals surface area contributed by atoms with E-state index in [4.69, 9.17) is 5.14 Å². The van der Waals surface area contributed by atoms with E-state index in [9.17, 15) is 13.2 Å². The molecule has 0 fully saturated rings. The standard InChI is InChI=1S/C19H21N5O3S3/c1-13-2-6-15(7-3-13)22-18-23-24-19(29-18)28-12-17(25)21-11-10-14-4-8-16(9-5-14)30(20,26)27/h2-9H,10-12H2,1H3,(H,21,25)(H,22,23)(H2,20,26,27). The second kappa shape index (κ2) is 10.0. The van der Waals surface area contributed by atoms with Crippen molar-refractivity contribution in [2.24, 2.45) is 5.14 Å². The Bertz CT molecular complexity index is 1100. The number of amides is 1. The number of benzene rings is 2. The Labute approximate surface area is 183 Å². The molecule has 1 amide bonds. The molecule has 30 heavy (non-hydrogen) atoms. The van der Waals surface area contributed by atoms with Gasteiger partial charge in [-0.15, -0.1) is 10.2 Å². The number of thioether (sulfide) groups is 1. The van der Waals surface area contributed by atoms with Gasteiger partial charge in [0.25, 0.3) is 0 Å². The van der Waals surface area contributed by atoms with Gasteiger partial charge < -0.3 is 10.6 Å². The summed E-state index contributed by atoms with van der Waals surface area (Å²) in [7, 11) is -3.69. The lowest BCUT2D eigenvalue weighted by molar-refractivity contribution is -0.118. The fourth-order valence-corrected chi connectivity index (χ4v) is 4.57. The van der Waals surface area contributed by atoms with Crippen LogP contribution in [0.15, 0.2) is 57.8 Å². The lowest BCUT2D eigenvalue weighted by Crippen LogP contribution is -2.27. The van der Waals surface area contributed by atoms with Crippen molar-refractivity contribution in [3.05, 3.63) is 59.7 Å². The van der Waals surface area contributed by atoms with Gasteiger partial charge in [-0.3, -0.25) is 4.79 Å². The molecule has 3 aromatic rings. The average molecular weight is 464 g/mol. The molecule has 158 valence electrons. The first-order valence-electron chi connectivity index (χ1n) is 8.98. The van der Waals surface area contributed by atoms with Crippen LogP contribution in [0.4, 0.5) is 10.8 Å². The van der Waals surface area contributed by atoms with Gasteiger partial charge in [0.05, 0.1) is 10.6 Å². The summed E-state index contributed by atoms with van der Waals surface area (Å²) in [6.07, 6.45) is 0.588. The van der Waals surface area contributed by atoms with Gasteiger partial charge >= 0.3 is 0 Å². The van der Waals surface area contributed by atoms with Gasteiger partial charge in [0.2, 0.25) is 21.1 Å². The van der Waals surface area contributed by atoms with E-state index in [1.54, 1.807) is 12.1 Å². The number of carbonyl (C=O) groups is 1. The second-order valence-electron chi connectivity index (χ2n) is 6.44. The number of sulfonamides is 1. The van der Waals surface area contributed by atoms with Crippen molar-refractivity contribution in [1.82, 2.24) is 15.5 Å². The van der Waals surface area contributed by atoms with Crippen molar-refractivity contribution in [1.29, 1.82) is 0 Å². The van der Waals surface area contributed by atoms with Crippen LogP contribution in [0, 0.1) is 6.92 Å². The average Bonchev–Trinajstić information content (AvgIpc) is 3.15. The summed E-state index contributed by atoms with van der Waals surface area (Å²) in [5, 5.41) is 19.9. The molecule has 1 aromatic heterocycles. The number of nitrogens with two attached hydrogens (primary N) is 1. The molecule has 0 radical (unpaired) electrons. The first-order chi connectivity index (χ1) is 14.3. The first-order valence-corrected chi connectivity index (χ1v) is 12.3. The largest absolute Gasteiger partial charge is 0.355 e. The molecule has 8 nitrogen and oxygen atoms in total. The Hall–Kier alpha value is -2.47. The van der Waals surface area contributed by atoms with E-state index in [1.165, 1.54) is 40.8 Å². The highest BCUT2D eigenvalue weighted by Crippen LogP contribution is 2.27. The minimum Gasteiger partial charge on any atom is -0.355 e. The van der Waals surface area contributed by atoms with Crippen LogP contribution in [-0.4, -0.2) is 36.8 Å². The number of carbonyl (C=O) groups excluding carboxylic acids is 1. The van der Waals surface area contributed by atoms with Gasteiger partial charge in [-0.1, -0.05) is 52.9 Å². The molecule has 3 rings (SSSR count). The van der Waals surface area contributed by atoms with Gasteiger partial charge in [0, 0.05) is 12.2 Å². The number of rotatable bonds is 9. The van der Waals surface area contributed by atoms with Crippen LogP contribution >= 0.6 is 23.1 Å². The van der Waals surface area contributed by atoms with Gasteiger partial charge in [0.1, 0.15) is 0 Å². The number of nitrogens with zero attached hydrogens (tertiary/aromatic N) is 2. The summed E-state index contributed by atoms with van der Waals surface area (Å²) in [6.45, 7) is 2.48. The number of aryl methyl sites for hydroxylation is 1. The Morgan fingerprint density at radius 1 is 1.10 bits per heavy atom. The number of nitrogens with one attached hydrogen (secondary N) is 2. The van der Waals surface area contributed by atoms with Gasteiger partial charge in [-0.05, 0) is 43.2 Å². The third kappa shape index (κ3) is 6.80. The van der Waals surface area contributed by atoms with Crippen LogP contribution in [0.25, 0.3) is 0 Å². The van der Waals surface area contributed by atoms with Gasteiger partial charge in [-0.25, -0.2) is 13.6 Å². The molecule has 0 aliphatic rings. The smallest absolute Gasteiger partial charge is 0.238 e. The number of aromatic nitrogens is 2. The molecule has 0 bridgehead atoms. The normalized spacial score (nSPS) is 11.3. The Morgan fingerprint density at radius 3 is 2.47 bits per heavy atom. The minimum atomic E-state index is -3.69. The van der Waals surface area contributed by atoms with Crippen LogP contribution in [0.2, 0.25) is 0 Å². The third-order valence-corrected chi connectivity index (χ3v) is 6.93. The molecular formula is C19H21N5O3S3. The number of hydrogen-bond acceptors (Lipinski definition) is 8. The fraction of sp³-hybridized carbons (Fsp3) is 0.211. The highest BCUT2D eigenvalue weighted by Gasteiger charge is 2.09. The molecule has 0 saturated carbocycles. The van der Waals surface area contributed by atoms with Gasteiger partial charge in [-0.2, -0.15) is 0 Å². The Morgan fingerprint density at radius 2 is 1.80 bits per heavy atom. The highest BCUT2D eigenvalue weighted by atomic mass is 32.2. The predicted octanol–water partition coefficient (Wildman–Crippen LogP) is 2.69. The number of hydrogen-bond donors (Lipinski definition) is 3. The maximum atomic E-state index is 12.0. The quantitative estimate of drug-likeness (QED) is 0.416. The van der Waals surface area contributed by atoms with Crippen LogP contribution in [0.5, 0.6) is 0 Å². The van der Waals surface area contributed by atoms with Crippen LogP contribution in [-0.2, 0) is 21.2 Å². The number of anilines is 2. The van der Waals surface area contributed by atoms with E-state index in [-0.39, 0.29) is 16.6 Å². The fourth-order valence-electron chi connectivity index (χ4n) is 2.45. The molecule has 0 saturated heterocycles. The second-order valence-corrected chi connectivity index (χ2v) is 10.2. The van der Waals surface area contributed by atoms with Gasteiger partial charge in [0.15, 0.2) is 4.34 Å². The van der Waals surface area contributed by atoms with Crippen LogP contribution < -0.4 is 15.8 Å². The van der Waals surface area contributed by atoms with E-state index in [1.807, 2.05) is 31.2 Å². The molecule has 0 aliphatic heterocycles. The van der Waals surface area contributed by atoms with Crippen molar-refractivity contribution in [2.75, 3.05) is 17.6 Å². The van der Waals surface area contributed by atoms with Crippen molar-refractivity contribution in [3.63, 3.8) is 0 Å². The van der Waals surface area contributed by atoms with Crippen molar-refractivity contribution >= 4 is 49.8 Å². The van der Waals surface area contributed by atoms with E-state index in [0.29, 0.717) is 22.4 Å². The molecule has 0 aliphatic carbocycles. The summed E-state index contributed by atoms with van der Waals surface area (Å²) >= 11 is 2.71. The molecular weight excluding hydrogens is 442 g/mol. The maximum Gasteiger partial charge on any atom is 0.238 e. The maximum absolute atomic E-state index is 12.0. The SMILES string of the molecule is Cc1ccc(Nc2nnc(SCC(=O)NCCc3ccc(S(N)(=O)=O)cc3)s2)cc1. The Balaban J connectivity index is 1.39. The third-order valence-electron chi connectivity index (χ3n) is 4.02. The molecule has 0 unspecified atom stereocenters. The minimum absolute atomic E-state index is 0.0694. The van der Waals surface area contributed by atoms with Crippen LogP contribution in [0.3, 0.4) is 0 Å². The zero-order valence-corrected chi connectivity index (χ0v) is 18.6.